The van der Waals surface area contributed by atoms with E-state index in [-0.39, 0.29) is 17.2 Å². The maximum absolute atomic E-state index is 11.0. The number of hydrogen-bond donors (Lipinski definition) is 1. The maximum Gasteiger partial charge on any atom is 0.231 e. The van der Waals surface area contributed by atoms with Crippen LogP contribution in [0, 0.1) is 10.1 Å². The fourth-order valence-corrected chi connectivity index (χ4v) is 3.37. The molecular weight excluding hydrogens is 332 g/mol. The highest BCUT2D eigenvalue weighted by molar-refractivity contribution is 7.85. The molecule has 2 unspecified atom stereocenters. The third-order valence-corrected chi connectivity index (χ3v) is 4.97. The molecule has 1 aliphatic heterocycles. The molecule has 2 rings (SSSR count). The summed E-state index contributed by atoms with van der Waals surface area (Å²) < 4.78 is 5.67. The van der Waals surface area contributed by atoms with Crippen molar-refractivity contribution in [2.45, 2.75) is 31.2 Å². The predicted octanol–water partition coefficient (Wildman–Crippen LogP) is 3.19. The van der Waals surface area contributed by atoms with Gasteiger partial charge in [0.05, 0.1) is 17.4 Å². The Bertz CT molecular complexity index is 716. The van der Waals surface area contributed by atoms with Crippen LogP contribution in [0.2, 0.25) is 0 Å². The van der Waals surface area contributed by atoms with Gasteiger partial charge >= 0.3 is 0 Å². The number of nitrogens with zero attached hydrogens (tertiary/aromatic N) is 6. The number of nitro groups is 1. The van der Waals surface area contributed by atoms with Crippen LogP contribution in [0.3, 0.4) is 0 Å². The van der Waals surface area contributed by atoms with Gasteiger partial charge in [0, 0.05) is 22.3 Å². The summed E-state index contributed by atoms with van der Waals surface area (Å²) in [7, 11) is -0.717. The van der Waals surface area contributed by atoms with E-state index >= 15 is 0 Å². The SMILES string of the molecule is CCC(=CC(CN1N=NN=S1c1ccccc1)=NO)C(C)[N+](=O)[O-]. The molecule has 1 aromatic rings. The lowest BCUT2D eigenvalue weighted by molar-refractivity contribution is -0.507. The molecule has 1 N–H and O–H groups in total. The van der Waals surface area contributed by atoms with Crippen molar-refractivity contribution in [2.75, 3.05) is 6.54 Å². The van der Waals surface area contributed by atoms with Gasteiger partial charge in [-0.05, 0) is 35.1 Å². The molecule has 0 aromatic heterocycles. The van der Waals surface area contributed by atoms with Gasteiger partial charge in [0.25, 0.3) is 0 Å². The second-order valence-electron chi connectivity index (χ2n) is 4.97. The van der Waals surface area contributed by atoms with Crippen LogP contribution in [0.5, 0.6) is 0 Å². The molecule has 9 nitrogen and oxygen atoms in total. The highest BCUT2D eigenvalue weighted by atomic mass is 32.2. The quantitative estimate of drug-likeness (QED) is 0.352. The van der Waals surface area contributed by atoms with Gasteiger partial charge in [-0.25, -0.2) is 0 Å². The first-order chi connectivity index (χ1) is 11.6. The molecule has 0 bridgehead atoms. The molecule has 1 aromatic carbocycles. The third kappa shape index (κ3) is 4.22. The monoisotopic (exact) mass is 350 g/mol. The summed E-state index contributed by atoms with van der Waals surface area (Å²) in [6.07, 6.45) is 2.02. The third-order valence-electron chi connectivity index (χ3n) is 3.45. The minimum Gasteiger partial charge on any atom is -0.411 e. The lowest BCUT2D eigenvalue weighted by atomic mass is 10.0. The molecule has 0 radical (unpaired) electrons. The zero-order valence-corrected chi connectivity index (χ0v) is 14.1. The molecule has 0 saturated heterocycles. The Morgan fingerprint density at radius 2 is 2.21 bits per heavy atom. The van der Waals surface area contributed by atoms with E-state index in [1.165, 1.54) is 13.0 Å². The summed E-state index contributed by atoms with van der Waals surface area (Å²) in [5.41, 5.74) is 0.838. The lowest BCUT2D eigenvalue weighted by Gasteiger charge is -2.15. The Hall–Kier alpha value is -2.62. The molecule has 0 spiro atoms. The number of oxime groups is 1. The van der Waals surface area contributed by atoms with Crippen LogP contribution in [-0.4, -0.2) is 32.8 Å². The van der Waals surface area contributed by atoms with Crippen molar-refractivity contribution in [1.82, 2.24) is 4.41 Å². The standard InChI is InChI=1S/C14H18N6O3S/c1-3-12(11(2)20(22)23)9-13(15-21)10-19-17-16-18-24(19)14-7-5-4-6-8-14/h4-9,11,21H,3,10H2,1-2H3. The molecule has 0 amide bonds. The van der Waals surface area contributed by atoms with Gasteiger partial charge in [0.2, 0.25) is 6.04 Å². The highest BCUT2D eigenvalue weighted by Gasteiger charge is 2.21. The van der Waals surface area contributed by atoms with E-state index in [4.69, 9.17) is 0 Å². The van der Waals surface area contributed by atoms with E-state index in [0.29, 0.717) is 12.0 Å². The average molecular weight is 350 g/mol. The van der Waals surface area contributed by atoms with Gasteiger partial charge in [-0.3, -0.25) is 10.1 Å². The number of benzene rings is 1. The minimum absolute atomic E-state index is 0.148. The van der Waals surface area contributed by atoms with Crippen LogP contribution in [0.15, 0.2) is 67.0 Å². The second kappa shape index (κ2) is 8.29. The van der Waals surface area contributed by atoms with Crippen molar-refractivity contribution in [1.29, 1.82) is 0 Å². The molecule has 0 aliphatic carbocycles. The first-order valence-corrected chi connectivity index (χ1v) is 8.44. The summed E-state index contributed by atoms with van der Waals surface area (Å²) in [6, 6.07) is 8.66. The molecular formula is C14H18N6O3S. The molecule has 1 heterocycles. The van der Waals surface area contributed by atoms with Crippen molar-refractivity contribution in [3.05, 3.63) is 52.1 Å². The highest BCUT2D eigenvalue weighted by Crippen LogP contribution is 2.19. The average Bonchev–Trinajstić information content (AvgIpc) is 3.06. The van der Waals surface area contributed by atoms with E-state index < -0.39 is 16.9 Å². The Morgan fingerprint density at radius 1 is 1.50 bits per heavy atom. The Morgan fingerprint density at radius 3 is 2.79 bits per heavy atom. The van der Waals surface area contributed by atoms with Crippen LogP contribution >= 0.6 is 0 Å². The summed E-state index contributed by atoms with van der Waals surface area (Å²) in [4.78, 5) is 11.5. The zero-order chi connectivity index (χ0) is 17.5. The largest absolute Gasteiger partial charge is 0.411 e. The topological polar surface area (TPSA) is 116 Å². The molecule has 0 fully saturated rings. The maximum atomic E-state index is 11.0. The van der Waals surface area contributed by atoms with Crippen LogP contribution in [0.1, 0.15) is 20.3 Å². The first kappa shape index (κ1) is 17.7. The zero-order valence-electron chi connectivity index (χ0n) is 13.3. The van der Waals surface area contributed by atoms with E-state index in [0.717, 1.165) is 4.90 Å². The number of hydrogen-bond acceptors (Lipinski definition) is 8. The number of rotatable bonds is 7. The summed E-state index contributed by atoms with van der Waals surface area (Å²) in [5, 5.41) is 31.1. The van der Waals surface area contributed by atoms with Crippen LogP contribution in [-0.2, 0) is 10.9 Å². The molecule has 2 atom stereocenters. The smallest absolute Gasteiger partial charge is 0.231 e. The minimum atomic E-state index is -0.844. The van der Waals surface area contributed by atoms with Crippen LogP contribution in [0.4, 0.5) is 0 Å². The van der Waals surface area contributed by atoms with Crippen molar-refractivity contribution in [3.8, 4) is 0 Å². The molecule has 10 heteroatoms. The Labute approximate surface area is 141 Å². The van der Waals surface area contributed by atoms with Crippen molar-refractivity contribution in [2.24, 2.45) is 20.1 Å². The van der Waals surface area contributed by atoms with Crippen molar-refractivity contribution in [3.63, 3.8) is 0 Å². The molecule has 24 heavy (non-hydrogen) atoms. The lowest BCUT2D eigenvalue weighted by Crippen LogP contribution is -2.26. The summed E-state index contributed by atoms with van der Waals surface area (Å²) in [6.45, 7) is 3.47. The van der Waals surface area contributed by atoms with Crippen LogP contribution < -0.4 is 0 Å². The molecule has 1 aliphatic rings. The van der Waals surface area contributed by atoms with Crippen LogP contribution in [0.25, 0.3) is 0 Å². The van der Waals surface area contributed by atoms with Gasteiger partial charge in [0.1, 0.15) is 5.71 Å². The molecule has 0 saturated carbocycles. The molecule has 128 valence electrons. The Balaban J connectivity index is 2.17. The normalized spacial score (nSPS) is 19.2. The van der Waals surface area contributed by atoms with Gasteiger partial charge in [-0.15, -0.1) is 0 Å². The van der Waals surface area contributed by atoms with Crippen molar-refractivity contribution >= 4 is 16.6 Å². The fourth-order valence-electron chi connectivity index (χ4n) is 2.09. The summed E-state index contributed by atoms with van der Waals surface area (Å²) in [5.74, 6) is 0. The van der Waals surface area contributed by atoms with E-state index in [1.54, 1.807) is 4.41 Å². The summed E-state index contributed by atoms with van der Waals surface area (Å²) >= 11 is 0. The van der Waals surface area contributed by atoms with E-state index in [9.17, 15) is 15.3 Å². The van der Waals surface area contributed by atoms with Gasteiger partial charge in [-0.1, -0.05) is 34.8 Å². The second-order valence-corrected chi connectivity index (χ2v) is 6.56. The van der Waals surface area contributed by atoms with Gasteiger partial charge < -0.3 is 5.21 Å². The fraction of sp³-hybridized carbons (Fsp3) is 0.357. The van der Waals surface area contributed by atoms with Crippen molar-refractivity contribution < 1.29 is 10.1 Å². The van der Waals surface area contributed by atoms with Gasteiger partial charge in [0.15, 0.2) is 0 Å². The first-order valence-electron chi connectivity index (χ1n) is 7.30. The van der Waals surface area contributed by atoms with E-state index in [1.807, 2.05) is 37.3 Å². The van der Waals surface area contributed by atoms with Gasteiger partial charge in [-0.2, -0.15) is 4.41 Å². The Kier molecular flexibility index (Phi) is 6.13. The van der Waals surface area contributed by atoms with E-state index in [2.05, 4.69) is 20.1 Å². The predicted molar refractivity (Wildman–Crippen MR) is 90.1 cm³/mol.